The van der Waals surface area contributed by atoms with Crippen molar-refractivity contribution in [3.63, 3.8) is 0 Å². The number of rotatable bonds is 11. The van der Waals surface area contributed by atoms with Crippen molar-refractivity contribution in [2.75, 3.05) is 33.1 Å². The molecule has 37 heavy (non-hydrogen) atoms. The molecule has 1 aromatic heterocycles. The van der Waals surface area contributed by atoms with Crippen LogP contribution in [0.5, 0.6) is 17.4 Å². The van der Waals surface area contributed by atoms with Crippen molar-refractivity contribution in [2.45, 2.75) is 12.8 Å². The van der Waals surface area contributed by atoms with Gasteiger partial charge in [-0.05, 0) is 60.0 Å². The molecule has 1 amide bonds. The number of carbonyl (C=O) groups is 1. The number of hydrogen-bond acceptors (Lipinski definition) is 6. The Hall–Kier alpha value is -4.52. The minimum Gasteiger partial charge on any atom is -0.493 e. The fourth-order valence-corrected chi connectivity index (χ4v) is 3.89. The quantitative estimate of drug-likeness (QED) is 0.285. The number of hydrogen-bond donors (Lipinski definition) is 2. The molecular weight excluding hydrogens is 466 g/mol. The fraction of sp³-hybridized carbons (Fsp3) is 0.200. The standard InChI is InChI=1S/C30H31N3O4/c1-35-27-14-11-22(19-28(27)36-2)16-18-37-29-8-4-7-26(33-29)23-5-3-6-24(20-23)30(34)32-17-15-21-9-12-25(31)13-10-21/h3-14,19-20H,15-18,31H2,1-2H3,(H,32,34). The summed E-state index contributed by atoms with van der Waals surface area (Å²) in [6.45, 7) is 0.997. The second kappa shape index (κ2) is 12.4. The van der Waals surface area contributed by atoms with Crippen LogP contribution >= 0.6 is 0 Å². The summed E-state index contributed by atoms with van der Waals surface area (Å²) in [6.07, 6.45) is 1.42. The molecule has 7 heteroatoms. The predicted molar refractivity (Wildman–Crippen MR) is 145 cm³/mol. The van der Waals surface area contributed by atoms with Gasteiger partial charge >= 0.3 is 0 Å². The van der Waals surface area contributed by atoms with Crippen molar-refractivity contribution in [1.29, 1.82) is 0 Å². The lowest BCUT2D eigenvalue weighted by molar-refractivity contribution is 0.0954. The van der Waals surface area contributed by atoms with Gasteiger partial charge in [-0.15, -0.1) is 0 Å². The highest BCUT2D eigenvalue weighted by molar-refractivity contribution is 5.95. The van der Waals surface area contributed by atoms with Gasteiger partial charge in [0, 0.05) is 35.8 Å². The predicted octanol–water partition coefficient (Wildman–Crippen LogP) is 4.94. The van der Waals surface area contributed by atoms with Crippen molar-refractivity contribution in [1.82, 2.24) is 10.3 Å². The van der Waals surface area contributed by atoms with Gasteiger partial charge in [-0.1, -0.05) is 36.4 Å². The minimum atomic E-state index is -0.125. The maximum Gasteiger partial charge on any atom is 0.251 e. The van der Waals surface area contributed by atoms with Crippen molar-refractivity contribution in [3.8, 4) is 28.6 Å². The van der Waals surface area contributed by atoms with E-state index in [2.05, 4.69) is 10.3 Å². The third-order valence-corrected chi connectivity index (χ3v) is 5.91. The van der Waals surface area contributed by atoms with E-state index in [1.54, 1.807) is 20.3 Å². The summed E-state index contributed by atoms with van der Waals surface area (Å²) in [6, 6.07) is 26.5. The van der Waals surface area contributed by atoms with Gasteiger partial charge in [0.2, 0.25) is 5.88 Å². The molecule has 190 valence electrons. The van der Waals surface area contributed by atoms with Crippen LogP contribution in [0.4, 0.5) is 5.69 Å². The Bertz CT molecular complexity index is 1340. The molecule has 3 aromatic carbocycles. The van der Waals surface area contributed by atoms with E-state index in [9.17, 15) is 4.79 Å². The first-order chi connectivity index (χ1) is 18.1. The first-order valence-electron chi connectivity index (χ1n) is 12.1. The lowest BCUT2D eigenvalue weighted by atomic mass is 10.1. The minimum absolute atomic E-state index is 0.125. The molecule has 0 unspecified atom stereocenters. The number of nitrogens with one attached hydrogen (secondary N) is 1. The summed E-state index contributed by atoms with van der Waals surface area (Å²) in [5.41, 5.74) is 10.8. The smallest absolute Gasteiger partial charge is 0.251 e. The summed E-state index contributed by atoms with van der Waals surface area (Å²) < 4.78 is 16.6. The average Bonchev–Trinajstić information content (AvgIpc) is 2.94. The zero-order chi connectivity index (χ0) is 26.0. The summed E-state index contributed by atoms with van der Waals surface area (Å²) in [4.78, 5) is 17.3. The molecule has 0 fully saturated rings. The van der Waals surface area contributed by atoms with Gasteiger partial charge in [0.05, 0.1) is 26.5 Å². The fourth-order valence-electron chi connectivity index (χ4n) is 3.89. The van der Waals surface area contributed by atoms with E-state index in [1.807, 2.05) is 78.9 Å². The number of pyridine rings is 1. The number of methoxy groups -OCH3 is 2. The molecule has 0 radical (unpaired) electrons. The van der Waals surface area contributed by atoms with Crippen LogP contribution in [0, 0.1) is 0 Å². The van der Waals surface area contributed by atoms with Gasteiger partial charge in [0.15, 0.2) is 11.5 Å². The van der Waals surface area contributed by atoms with Crippen LogP contribution in [0.1, 0.15) is 21.5 Å². The summed E-state index contributed by atoms with van der Waals surface area (Å²) >= 11 is 0. The number of anilines is 1. The first-order valence-corrected chi connectivity index (χ1v) is 12.1. The van der Waals surface area contributed by atoms with E-state index in [-0.39, 0.29) is 5.91 Å². The number of aromatic nitrogens is 1. The van der Waals surface area contributed by atoms with E-state index in [4.69, 9.17) is 19.9 Å². The number of ether oxygens (including phenoxy) is 3. The van der Waals surface area contributed by atoms with Crippen LogP contribution in [0.3, 0.4) is 0 Å². The first kappa shape index (κ1) is 25.6. The molecule has 4 rings (SSSR count). The molecule has 0 atom stereocenters. The topological polar surface area (TPSA) is 95.7 Å². The van der Waals surface area contributed by atoms with Crippen molar-refractivity contribution < 1.29 is 19.0 Å². The van der Waals surface area contributed by atoms with E-state index < -0.39 is 0 Å². The number of nitrogens with two attached hydrogens (primary N) is 1. The highest BCUT2D eigenvalue weighted by Gasteiger charge is 2.09. The number of nitrogens with zero attached hydrogens (tertiary/aromatic N) is 1. The zero-order valence-electron chi connectivity index (χ0n) is 21.1. The summed E-state index contributed by atoms with van der Waals surface area (Å²) in [5.74, 6) is 1.78. The SMILES string of the molecule is COc1ccc(CCOc2cccc(-c3cccc(C(=O)NCCc4ccc(N)cc4)c3)n2)cc1OC. The number of carbonyl (C=O) groups excluding carboxylic acids is 1. The molecule has 0 bridgehead atoms. The van der Waals surface area contributed by atoms with Gasteiger partial charge < -0.3 is 25.3 Å². The Kier molecular flexibility index (Phi) is 8.60. The lowest BCUT2D eigenvalue weighted by Gasteiger charge is -2.11. The van der Waals surface area contributed by atoms with Gasteiger partial charge in [-0.2, -0.15) is 0 Å². The Labute approximate surface area is 217 Å². The van der Waals surface area contributed by atoms with Crippen LogP contribution < -0.4 is 25.3 Å². The monoisotopic (exact) mass is 497 g/mol. The van der Waals surface area contributed by atoms with Crippen LogP contribution in [-0.2, 0) is 12.8 Å². The third kappa shape index (κ3) is 7.01. The maximum atomic E-state index is 12.7. The summed E-state index contributed by atoms with van der Waals surface area (Å²) in [7, 11) is 3.23. The molecule has 0 aliphatic heterocycles. The van der Waals surface area contributed by atoms with Crippen molar-refractivity contribution in [2.24, 2.45) is 0 Å². The highest BCUT2D eigenvalue weighted by atomic mass is 16.5. The third-order valence-electron chi connectivity index (χ3n) is 5.91. The Morgan fingerprint density at radius 3 is 2.38 bits per heavy atom. The molecule has 0 saturated heterocycles. The van der Waals surface area contributed by atoms with E-state index in [0.29, 0.717) is 42.5 Å². The Morgan fingerprint density at radius 1 is 0.838 bits per heavy atom. The van der Waals surface area contributed by atoms with E-state index in [1.165, 1.54) is 0 Å². The van der Waals surface area contributed by atoms with Crippen LogP contribution in [0.25, 0.3) is 11.3 Å². The molecule has 4 aromatic rings. The molecule has 7 nitrogen and oxygen atoms in total. The van der Waals surface area contributed by atoms with Crippen LogP contribution in [0.15, 0.2) is 84.9 Å². The largest absolute Gasteiger partial charge is 0.493 e. The second-order valence-corrected chi connectivity index (χ2v) is 8.48. The Morgan fingerprint density at radius 2 is 1.59 bits per heavy atom. The van der Waals surface area contributed by atoms with E-state index in [0.717, 1.165) is 34.5 Å². The van der Waals surface area contributed by atoms with Gasteiger partial charge in [0.25, 0.3) is 5.91 Å². The highest BCUT2D eigenvalue weighted by Crippen LogP contribution is 2.28. The lowest BCUT2D eigenvalue weighted by Crippen LogP contribution is -2.25. The second-order valence-electron chi connectivity index (χ2n) is 8.48. The van der Waals surface area contributed by atoms with Crippen LogP contribution in [-0.4, -0.2) is 38.3 Å². The zero-order valence-corrected chi connectivity index (χ0v) is 21.1. The number of benzene rings is 3. The molecular formula is C30H31N3O4. The van der Waals surface area contributed by atoms with Crippen LogP contribution in [0.2, 0.25) is 0 Å². The van der Waals surface area contributed by atoms with Gasteiger partial charge in [0.1, 0.15) is 0 Å². The molecule has 0 aliphatic carbocycles. The van der Waals surface area contributed by atoms with Gasteiger partial charge in [-0.25, -0.2) is 4.98 Å². The van der Waals surface area contributed by atoms with Gasteiger partial charge in [-0.3, -0.25) is 4.79 Å². The van der Waals surface area contributed by atoms with Crippen molar-refractivity contribution >= 4 is 11.6 Å². The molecule has 3 N–H and O–H groups in total. The number of nitrogen functional groups attached to an aromatic ring is 1. The normalized spacial score (nSPS) is 10.5. The Balaban J connectivity index is 1.34. The molecule has 0 spiro atoms. The average molecular weight is 498 g/mol. The maximum absolute atomic E-state index is 12.7. The van der Waals surface area contributed by atoms with Crippen molar-refractivity contribution in [3.05, 3.63) is 102 Å². The molecule has 0 saturated carbocycles. The molecule has 1 heterocycles. The number of amides is 1. The molecule has 0 aliphatic rings. The summed E-state index contributed by atoms with van der Waals surface area (Å²) in [5, 5.41) is 2.98. The van der Waals surface area contributed by atoms with E-state index >= 15 is 0 Å².